The van der Waals surface area contributed by atoms with Crippen molar-refractivity contribution in [3.8, 4) is 11.5 Å². The summed E-state index contributed by atoms with van der Waals surface area (Å²) < 4.78 is 43.6. The van der Waals surface area contributed by atoms with E-state index in [2.05, 4.69) is 32.5 Å². The molecule has 308 valence electrons. The number of phenols is 1. The number of nitrogens with zero attached hydrogens (tertiary/aromatic N) is 1. The normalized spacial score (nSPS) is 19.1. The number of unbranched alkanes of at least 4 members (excludes halogenated alkanes) is 3. The van der Waals surface area contributed by atoms with Crippen molar-refractivity contribution >= 4 is 11.8 Å². The molecule has 0 aliphatic heterocycles. The summed E-state index contributed by atoms with van der Waals surface area (Å²) in [5, 5.41) is 21.1. The maximum atomic E-state index is 13.1. The summed E-state index contributed by atoms with van der Waals surface area (Å²) in [5.74, 6) is -0.225. The van der Waals surface area contributed by atoms with E-state index in [1.165, 1.54) is 0 Å². The largest absolute Gasteiger partial charge is 0.508 e. The maximum Gasteiger partial charge on any atom is 0.337 e. The van der Waals surface area contributed by atoms with Gasteiger partial charge in [0, 0.05) is 30.9 Å². The van der Waals surface area contributed by atoms with E-state index in [1.807, 2.05) is 6.07 Å². The van der Waals surface area contributed by atoms with Gasteiger partial charge in [-0.1, -0.05) is 47.0 Å². The quantitative estimate of drug-likeness (QED) is 0.0342. The van der Waals surface area contributed by atoms with Crippen molar-refractivity contribution in [2.24, 2.45) is 17.3 Å². The Labute approximate surface area is 319 Å². The molecule has 1 aromatic carbocycles. The van der Waals surface area contributed by atoms with Gasteiger partial charge in [0.15, 0.2) is 0 Å². The molecule has 3 atom stereocenters. The van der Waals surface area contributed by atoms with Crippen LogP contribution in [0.4, 0.5) is 0 Å². The van der Waals surface area contributed by atoms with Crippen LogP contribution >= 0.6 is 0 Å². The topological polar surface area (TPSA) is 181 Å². The molecule has 3 aliphatic carbocycles. The number of ketones is 1. The molecule has 1 aromatic rings. The number of esters is 1. The highest BCUT2D eigenvalue weighted by atomic mass is 16.9. The minimum atomic E-state index is -0.777. The van der Waals surface area contributed by atoms with Crippen molar-refractivity contribution in [3.63, 3.8) is 0 Å². The van der Waals surface area contributed by atoms with Crippen LogP contribution in [0.15, 0.2) is 12.1 Å². The smallest absolute Gasteiger partial charge is 0.337 e. The van der Waals surface area contributed by atoms with E-state index in [4.69, 9.17) is 37.9 Å². The van der Waals surface area contributed by atoms with Crippen molar-refractivity contribution in [3.05, 3.63) is 33.4 Å². The van der Waals surface area contributed by atoms with Crippen LogP contribution in [-0.4, -0.2) is 122 Å². The lowest BCUT2D eigenvalue weighted by Gasteiger charge is -2.59. The zero-order valence-corrected chi connectivity index (χ0v) is 32.9. The molecule has 2 bridgehead atoms. The molecule has 3 fully saturated rings. The molecule has 0 aromatic heterocycles. The van der Waals surface area contributed by atoms with Gasteiger partial charge in [-0.25, -0.2) is 4.79 Å². The van der Waals surface area contributed by atoms with Crippen LogP contribution in [0.5, 0.6) is 11.5 Å². The Balaban J connectivity index is 1.42. The molecule has 15 nitrogen and oxygen atoms in total. The number of ether oxygens (including phenoxy) is 8. The second kappa shape index (κ2) is 23.9. The third-order valence-electron chi connectivity index (χ3n) is 10.5. The Morgan fingerprint density at radius 2 is 1.37 bits per heavy atom. The van der Waals surface area contributed by atoms with Crippen molar-refractivity contribution in [2.75, 3.05) is 99.6 Å². The van der Waals surface area contributed by atoms with E-state index < -0.39 is 11.1 Å². The molecule has 54 heavy (non-hydrogen) atoms. The van der Waals surface area contributed by atoms with E-state index in [0.29, 0.717) is 84.5 Å². The van der Waals surface area contributed by atoms with E-state index in [1.54, 1.807) is 13.2 Å². The fraction of sp³-hybridized carbons (Fsp3) is 0.795. The van der Waals surface area contributed by atoms with Crippen LogP contribution in [0.25, 0.3) is 0 Å². The predicted molar refractivity (Wildman–Crippen MR) is 197 cm³/mol. The highest BCUT2D eigenvalue weighted by Gasteiger charge is 2.59. The number of carbonyl (C=O) groups excluding carboxylic acids is 2. The van der Waals surface area contributed by atoms with Gasteiger partial charge in [-0.05, 0) is 53.7 Å². The van der Waals surface area contributed by atoms with Gasteiger partial charge in [0.25, 0.3) is 5.09 Å². The number of hydrogen-bond donors (Lipinski definition) is 1. The summed E-state index contributed by atoms with van der Waals surface area (Å²) in [5.41, 5.74) is 0.731. The number of Topliss-reactive ketones (excluding diaryl/α,β-unsaturated/α-hetero) is 1. The zero-order chi connectivity index (χ0) is 39.4. The highest BCUT2D eigenvalue weighted by molar-refractivity contribution is 5.86. The fourth-order valence-corrected chi connectivity index (χ4v) is 7.31. The van der Waals surface area contributed by atoms with E-state index in [-0.39, 0.29) is 72.3 Å². The van der Waals surface area contributed by atoms with Gasteiger partial charge in [-0.2, -0.15) is 0 Å². The molecule has 3 saturated carbocycles. The van der Waals surface area contributed by atoms with E-state index in [9.17, 15) is 24.8 Å². The van der Waals surface area contributed by atoms with Gasteiger partial charge >= 0.3 is 5.97 Å². The Hall–Kier alpha value is -2.92. The molecule has 0 amide bonds. The van der Waals surface area contributed by atoms with Gasteiger partial charge in [-0.15, -0.1) is 10.1 Å². The summed E-state index contributed by atoms with van der Waals surface area (Å²) in [6.45, 7) is 13.2. The third-order valence-corrected chi connectivity index (χ3v) is 10.5. The third kappa shape index (κ3) is 15.0. The first kappa shape index (κ1) is 45.5. The summed E-state index contributed by atoms with van der Waals surface area (Å²) in [7, 11) is 1.63. The second-order valence-electron chi connectivity index (χ2n) is 15.1. The lowest BCUT2D eigenvalue weighted by atomic mass is 9.44. The molecule has 3 aliphatic rings. The summed E-state index contributed by atoms with van der Waals surface area (Å²) in [6.07, 6.45) is 4.95. The molecule has 15 heteroatoms. The lowest BCUT2D eigenvalue weighted by molar-refractivity contribution is -0.757. The summed E-state index contributed by atoms with van der Waals surface area (Å²) >= 11 is 0. The Morgan fingerprint density at radius 3 is 1.89 bits per heavy atom. The Bertz CT molecular complexity index is 1290. The van der Waals surface area contributed by atoms with Crippen LogP contribution in [0.1, 0.15) is 89.7 Å². The first-order chi connectivity index (χ1) is 25.9. The lowest BCUT2D eigenvalue weighted by Crippen LogP contribution is -2.56. The van der Waals surface area contributed by atoms with Crippen LogP contribution in [0.3, 0.4) is 0 Å². The Kier molecular flexibility index (Phi) is 20.1. The number of phenolic OH excluding ortho intramolecular Hbond substituents is 1. The fourth-order valence-electron chi connectivity index (χ4n) is 7.31. The maximum absolute atomic E-state index is 13.1. The van der Waals surface area contributed by atoms with Crippen LogP contribution in [0.2, 0.25) is 0 Å². The predicted octanol–water partition coefficient (Wildman–Crippen LogP) is 5.20. The number of benzene rings is 1. The molecule has 0 heterocycles. The first-order valence-electron chi connectivity index (χ1n) is 19.2. The number of rotatable bonds is 31. The van der Waals surface area contributed by atoms with Gasteiger partial charge in [0.1, 0.15) is 23.9 Å². The van der Waals surface area contributed by atoms with Gasteiger partial charge < -0.3 is 47.8 Å². The first-order valence-corrected chi connectivity index (χ1v) is 19.2. The monoisotopic (exact) mass is 769 g/mol. The van der Waals surface area contributed by atoms with E-state index >= 15 is 0 Å². The molecule has 1 N–H and O–H groups in total. The van der Waals surface area contributed by atoms with Crippen molar-refractivity contribution < 1.29 is 62.5 Å². The molecule has 0 spiro atoms. The van der Waals surface area contributed by atoms with E-state index in [0.717, 1.165) is 37.7 Å². The SMILES string of the molecule is COCCOCCOCCOCCOCCOCCOCC(=O)Oc1cc(C(C)(C)CCCCCCO[N+](=O)[O-])cc(O)c1[C@@H]1CC(=O)[C@@H]2C[C@@H]1C2(C)C. The van der Waals surface area contributed by atoms with Gasteiger partial charge in [0.2, 0.25) is 0 Å². The molecule has 0 radical (unpaired) electrons. The second-order valence-corrected chi connectivity index (χ2v) is 15.1. The molecule has 0 saturated heterocycles. The van der Waals surface area contributed by atoms with Crippen LogP contribution < -0.4 is 4.74 Å². The van der Waals surface area contributed by atoms with Crippen molar-refractivity contribution in [1.29, 1.82) is 0 Å². The molecular formula is C39H63NO14. The average Bonchev–Trinajstić information content (AvgIpc) is 3.11. The van der Waals surface area contributed by atoms with Crippen molar-refractivity contribution in [1.82, 2.24) is 0 Å². The molecule has 0 unspecified atom stereocenters. The standard InChI is InChI=1S/C39H63NO14/c1-38(2,10-8-6-7-9-11-53-40(44)45)29-24-34(42)37(30-26-33(41)32-27-31(30)39(32,3)4)35(25-29)54-36(43)28-52-23-22-51-21-20-50-19-18-49-17-16-48-15-14-47-13-12-46-5/h24-25,30-32,42H,6-23,26-28H2,1-5H3/t30-,31+,32+/m1/s1. The minimum Gasteiger partial charge on any atom is -0.508 e. The summed E-state index contributed by atoms with van der Waals surface area (Å²) in [4.78, 5) is 40.9. The number of hydrogen-bond acceptors (Lipinski definition) is 14. The van der Waals surface area contributed by atoms with Crippen LogP contribution in [-0.2, 0) is 53.0 Å². The highest BCUT2D eigenvalue weighted by Crippen LogP contribution is 2.64. The number of carbonyl (C=O) groups is 2. The molecular weight excluding hydrogens is 706 g/mol. The van der Waals surface area contributed by atoms with Crippen molar-refractivity contribution in [2.45, 2.75) is 84.0 Å². The number of fused-ring (bicyclic) bond motifs is 2. The van der Waals surface area contributed by atoms with Gasteiger partial charge in [-0.3, -0.25) is 4.79 Å². The van der Waals surface area contributed by atoms with Crippen LogP contribution in [0, 0.1) is 27.4 Å². The molecule has 4 rings (SSSR count). The number of aromatic hydroxyl groups is 1. The Morgan fingerprint density at radius 1 is 0.833 bits per heavy atom. The summed E-state index contributed by atoms with van der Waals surface area (Å²) in [6, 6.07) is 3.56. The average molecular weight is 770 g/mol. The number of methoxy groups -OCH3 is 1. The minimum absolute atomic E-state index is 0.0195. The zero-order valence-electron chi connectivity index (χ0n) is 32.9. The van der Waals surface area contributed by atoms with Gasteiger partial charge in [0.05, 0.1) is 85.9 Å².